The Hall–Kier alpha value is -3.32. The standard InChI is InChI=1S/C24H26N6O/c1-28-7-5-23(6-8-28)30-16-21(14-27-30)24(31)11-22-10-19-9-17(3-4-18(19)12-25-22)20-13-26-29(2)15-20/h3-4,9-10,12-16,23H,5-8,11H2,1-2H3/i2D3. The molecule has 0 spiro atoms. The van der Waals surface area contributed by atoms with E-state index < -0.39 is 6.98 Å². The zero-order chi connectivity index (χ0) is 23.9. The van der Waals surface area contributed by atoms with E-state index in [4.69, 9.17) is 4.11 Å². The molecule has 3 aromatic heterocycles. The summed E-state index contributed by atoms with van der Waals surface area (Å²) in [5.74, 6) is -0.0128. The van der Waals surface area contributed by atoms with Gasteiger partial charge in [0, 0.05) is 46.3 Å². The number of fused-ring (bicyclic) bond motifs is 1. The largest absolute Gasteiger partial charge is 0.306 e. The summed E-state index contributed by atoms with van der Waals surface area (Å²) >= 11 is 0. The van der Waals surface area contributed by atoms with Gasteiger partial charge in [-0.1, -0.05) is 12.1 Å². The molecule has 31 heavy (non-hydrogen) atoms. The fourth-order valence-corrected chi connectivity index (χ4v) is 4.14. The first-order valence-corrected chi connectivity index (χ1v) is 10.5. The summed E-state index contributed by atoms with van der Waals surface area (Å²) in [7, 11) is 2.12. The van der Waals surface area contributed by atoms with Crippen molar-refractivity contribution in [2.24, 2.45) is 6.98 Å². The first-order chi connectivity index (χ1) is 16.3. The van der Waals surface area contributed by atoms with E-state index in [2.05, 4.69) is 27.1 Å². The molecule has 7 heteroatoms. The van der Waals surface area contributed by atoms with Crippen molar-refractivity contribution in [1.29, 1.82) is 0 Å². The lowest BCUT2D eigenvalue weighted by Crippen LogP contribution is -2.31. The van der Waals surface area contributed by atoms with Crippen LogP contribution < -0.4 is 0 Å². The molecule has 0 aliphatic carbocycles. The molecule has 4 aromatic rings. The van der Waals surface area contributed by atoms with Gasteiger partial charge in [0.2, 0.25) is 0 Å². The van der Waals surface area contributed by atoms with Gasteiger partial charge in [-0.3, -0.25) is 19.1 Å². The van der Waals surface area contributed by atoms with Gasteiger partial charge in [-0.25, -0.2) is 0 Å². The molecule has 1 fully saturated rings. The minimum atomic E-state index is -2.31. The number of piperidine rings is 1. The Morgan fingerprint density at radius 3 is 2.74 bits per heavy atom. The van der Waals surface area contributed by atoms with Crippen LogP contribution in [0.15, 0.2) is 55.2 Å². The summed E-state index contributed by atoms with van der Waals surface area (Å²) in [4.78, 5) is 19.7. The zero-order valence-corrected chi connectivity index (χ0v) is 17.4. The Kier molecular flexibility index (Phi) is 4.27. The smallest absolute Gasteiger partial charge is 0.171 e. The van der Waals surface area contributed by atoms with Gasteiger partial charge in [0.25, 0.3) is 0 Å². The van der Waals surface area contributed by atoms with E-state index in [1.165, 1.54) is 6.20 Å². The SMILES string of the molecule is [2H]C([2H])([2H])n1cc(-c2ccc3cnc(CC(=O)c4cnn(C5CCN(C)CC5)c4)cc3c2)cn1. The van der Waals surface area contributed by atoms with E-state index in [0.717, 1.165) is 46.9 Å². The third-order valence-electron chi connectivity index (χ3n) is 6.02. The maximum absolute atomic E-state index is 12.9. The van der Waals surface area contributed by atoms with Gasteiger partial charge in [0.1, 0.15) is 0 Å². The normalized spacial score (nSPS) is 17.4. The summed E-state index contributed by atoms with van der Waals surface area (Å²) in [6, 6.07) is 8.05. The van der Waals surface area contributed by atoms with E-state index in [-0.39, 0.29) is 12.2 Å². The maximum Gasteiger partial charge on any atom is 0.171 e. The molecule has 0 radical (unpaired) electrons. The summed E-state index contributed by atoms with van der Waals surface area (Å²) < 4.78 is 25.4. The van der Waals surface area contributed by atoms with Gasteiger partial charge >= 0.3 is 0 Å². The molecule has 0 amide bonds. The number of ketones is 1. The molecule has 1 aliphatic heterocycles. The highest BCUT2D eigenvalue weighted by atomic mass is 16.1. The van der Waals surface area contributed by atoms with Gasteiger partial charge in [0.05, 0.1) is 30.4 Å². The molecule has 4 heterocycles. The molecule has 1 aliphatic rings. The fourth-order valence-electron chi connectivity index (χ4n) is 4.14. The lowest BCUT2D eigenvalue weighted by molar-refractivity contribution is 0.0991. The molecular weight excluding hydrogens is 388 g/mol. The van der Waals surface area contributed by atoms with Crippen LogP contribution in [0.5, 0.6) is 0 Å². The van der Waals surface area contributed by atoms with Crippen molar-refractivity contribution < 1.29 is 8.91 Å². The Balaban J connectivity index is 1.33. The predicted molar refractivity (Wildman–Crippen MR) is 120 cm³/mol. The van der Waals surface area contributed by atoms with Crippen LogP contribution in [0.4, 0.5) is 0 Å². The zero-order valence-electron chi connectivity index (χ0n) is 20.4. The van der Waals surface area contributed by atoms with Crippen molar-refractivity contribution >= 4 is 16.6 Å². The first kappa shape index (κ1) is 16.4. The quantitative estimate of drug-likeness (QED) is 0.465. The molecule has 0 saturated carbocycles. The van der Waals surface area contributed by atoms with Crippen LogP contribution in [0.1, 0.15) is 39.0 Å². The Morgan fingerprint density at radius 1 is 1.06 bits per heavy atom. The maximum atomic E-state index is 12.9. The van der Waals surface area contributed by atoms with Crippen LogP contribution in [-0.2, 0) is 13.4 Å². The Morgan fingerprint density at radius 2 is 1.94 bits per heavy atom. The van der Waals surface area contributed by atoms with Gasteiger partial charge in [-0.05, 0) is 56.1 Å². The number of likely N-dealkylation sites (tertiary alicyclic amines) is 1. The molecule has 5 rings (SSSR count). The molecule has 0 bridgehead atoms. The summed E-state index contributed by atoms with van der Waals surface area (Å²) in [5, 5.41) is 10.3. The highest BCUT2D eigenvalue weighted by molar-refractivity contribution is 5.97. The number of nitrogens with zero attached hydrogens (tertiary/aromatic N) is 6. The van der Waals surface area contributed by atoms with Crippen LogP contribution in [0.3, 0.4) is 0 Å². The second-order valence-electron chi connectivity index (χ2n) is 8.25. The van der Waals surface area contributed by atoms with E-state index in [1.54, 1.807) is 18.6 Å². The van der Waals surface area contributed by atoms with Gasteiger partial charge < -0.3 is 4.90 Å². The van der Waals surface area contributed by atoms with Gasteiger partial charge in [-0.2, -0.15) is 10.2 Å². The molecule has 1 aromatic carbocycles. The second-order valence-corrected chi connectivity index (χ2v) is 8.25. The number of hydrogen-bond donors (Lipinski definition) is 0. The number of aryl methyl sites for hydroxylation is 1. The molecule has 1 saturated heterocycles. The highest BCUT2D eigenvalue weighted by Gasteiger charge is 2.20. The number of hydrogen-bond acceptors (Lipinski definition) is 5. The third kappa shape index (κ3) is 4.14. The van der Waals surface area contributed by atoms with Gasteiger partial charge in [0.15, 0.2) is 5.78 Å². The molecular formula is C24H26N6O. The molecule has 158 valence electrons. The monoisotopic (exact) mass is 417 g/mol. The number of pyridine rings is 1. The highest BCUT2D eigenvalue weighted by Crippen LogP contribution is 2.25. The topological polar surface area (TPSA) is 68.8 Å². The fraction of sp³-hybridized carbons (Fsp3) is 0.333. The van der Waals surface area contributed by atoms with Crippen LogP contribution in [0.25, 0.3) is 21.9 Å². The molecule has 7 nitrogen and oxygen atoms in total. The number of rotatable bonds is 5. The number of carbonyl (C=O) groups is 1. The Labute approximate surface area is 185 Å². The summed E-state index contributed by atoms with van der Waals surface area (Å²) in [6.07, 6.45) is 10.6. The third-order valence-corrected chi connectivity index (χ3v) is 6.02. The molecule has 0 N–H and O–H groups in total. The number of Topliss-reactive ketones (excluding diaryl/α,β-unsaturated/α-hetero) is 1. The number of benzene rings is 1. The van der Waals surface area contributed by atoms with Crippen molar-refractivity contribution in [1.82, 2.24) is 29.4 Å². The Bertz CT molecular complexity index is 1330. The summed E-state index contributed by atoms with van der Waals surface area (Å²) in [6.45, 7) is -0.241. The van der Waals surface area contributed by atoms with Crippen molar-refractivity contribution in [3.8, 4) is 11.1 Å². The van der Waals surface area contributed by atoms with E-state index in [1.807, 2.05) is 35.1 Å². The van der Waals surface area contributed by atoms with E-state index >= 15 is 0 Å². The lowest BCUT2D eigenvalue weighted by atomic mass is 10.0. The van der Waals surface area contributed by atoms with Crippen molar-refractivity contribution in [3.05, 3.63) is 66.5 Å². The predicted octanol–water partition coefficient (Wildman–Crippen LogP) is 3.52. The first-order valence-electron chi connectivity index (χ1n) is 12.0. The van der Waals surface area contributed by atoms with Crippen molar-refractivity contribution in [3.63, 3.8) is 0 Å². The van der Waals surface area contributed by atoms with Crippen LogP contribution in [0.2, 0.25) is 0 Å². The van der Waals surface area contributed by atoms with Crippen LogP contribution in [-0.4, -0.2) is 55.4 Å². The molecule has 0 atom stereocenters. The lowest BCUT2D eigenvalue weighted by Gasteiger charge is -2.28. The number of aromatic nitrogens is 5. The van der Waals surface area contributed by atoms with E-state index in [9.17, 15) is 4.79 Å². The molecule has 0 unspecified atom stereocenters. The van der Waals surface area contributed by atoms with Crippen LogP contribution >= 0.6 is 0 Å². The number of carbonyl (C=O) groups excluding carboxylic acids is 1. The average Bonchev–Trinajstić information content (AvgIpc) is 3.49. The van der Waals surface area contributed by atoms with E-state index in [0.29, 0.717) is 22.9 Å². The second kappa shape index (κ2) is 8.07. The van der Waals surface area contributed by atoms with Crippen LogP contribution in [0, 0.1) is 0 Å². The minimum absolute atomic E-state index is 0.0128. The van der Waals surface area contributed by atoms with Crippen molar-refractivity contribution in [2.75, 3.05) is 20.1 Å². The average molecular weight is 418 g/mol. The minimum Gasteiger partial charge on any atom is -0.306 e. The van der Waals surface area contributed by atoms with Gasteiger partial charge in [-0.15, -0.1) is 0 Å². The summed E-state index contributed by atoms with van der Waals surface area (Å²) in [5.41, 5.74) is 2.85. The van der Waals surface area contributed by atoms with Crippen molar-refractivity contribution in [2.45, 2.75) is 25.3 Å².